The summed E-state index contributed by atoms with van der Waals surface area (Å²) in [5.74, 6) is -3.96. The number of carbonyl (C=O) groups is 2. The van der Waals surface area contributed by atoms with Crippen LogP contribution in [0.5, 0.6) is 11.5 Å². The maximum Gasteiger partial charge on any atom is 0.417 e. The van der Waals surface area contributed by atoms with Gasteiger partial charge in [-0.15, -0.1) is 0 Å². The lowest BCUT2D eigenvalue weighted by atomic mass is 10.1. The van der Waals surface area contributed by atoms with Crippen molar-refractivity contribution < 1.29 is 56.0 Å². The second kappa shape index (κ2) is 8.71. The highest BCUT2D eigenvalue weighted by Crippen LogP contribution is 2.35. The first kappa shape index (κ1) is 23.6. The summed E-state index contributed by atoms with van der Waals surface area (Å²) in [7, 11) is 0.981. The van der Waals surface area contributed by atoms with Crippen LogP contribution in [0, 0.1) is 0 Å². The van der Waals surface area contributed by atoms with Crippen LogP contribution in [-0.4, -0.2) is 34.4 Å². The molecule has 0 spiro atoms. The summed E-state index contributed by atoms with van der Waals surface area (Å²) in [6, 6.07) is 4.31. The summed E-state index contributed by atoms with van der Waals surface area (Å²) in [6.07, 6.45) is -9.49. The molecule has 0 aliphatic carbocycles. The van der Waals surface area contributed by atoms with E-state index in [1.807, 2.05) is 0 Å². The zero-order valence-corrected chi connectivity index (χ0v) is 14.3. The molecule has 6 nitrogen and oxygen atoms in total. The third kappa shape index (κ3) is 6.30. The van der Waals surface area contributed by atoms with Gasteiger partial charge >= 0.3 is 24.3 Å². The fraction of sp³-hybridized carbons (Fsp3) is 0.176. The van der Waals surface area contributed by atoms with Gasteiger partial charge in [-0.2, -0.15) is 26.3 Å². The van der Waals surface area contributed by atoms with Crippen LogP contribution in [0.3, 0.4) is 0 Å². The standard InChI is InChI=1S/C9H7F3O3.C8H5F3O3/c1-15-8(14)6-3-2-5(13)4-7(6)9(10,11)12;9-8(10,11)6-3-4(12)1-2-5(6)7(13)14/h2-4,13H,1H3;1-3,12H,(H,13,14). The summed E-state index contributed by atoms with van der Waals surface area (Å²) in [5, 5.41) is 26.1. The fourth-order valence-electron chi connectivity index (χ4n) is 2.01. The zero-order valence-electron chi connectivity index (χ0n) is 14.3. The molecule has 29 heavy (non-hydrogen) atoms. The number of alkyl halides is 6. The highest BCUT2D eigenvalue weighted by atomic mass is 19.4. The maximum absolute atomic E-state index is 12.4. The van der Waals surface area contributed by atoms with Gasteiger partial charge in [-0.3, -0.25) is 0 Å². The molecule has 0 unspecified atom stereocenters. The summed E-state index contributed by atoms with van der Waals surface area (Å²) in [6.45, 7) is 0. The monoisotopic (exact) mass is 426 g/mol. The van der Waals surface area contributed by atoms with Gasteiger partial charge in [0.1, 0.15) is 11.5 Å². The van der Waals surface area contributed by atoms with E-state index in [9.17, 15) is 35.9 Å². The van der Waals surface area contributed by atoms with Crippen molar-refractivity contribution in [1.82, 2.24) is 0 Å². The molecule has 3 N–H and O–H groups in total. The first-order chi connectivity index (χ1) is 13.2. The average Bonchev–Trinajstić information content (AvgIpc) is 2.59. The van der Waals surface area contributed by atoms with E-state index in [4.69, 9.17) is 15.3 Å². The van der Waals surface area contributed by atoms with Gasteiger partial charge in [-0.05, 0) is 36.4 Å². The molecule has 0 aliphatic heterocycles. The predicted octanol–water partition coefficient (Wildman–Crippen LogP) is 4.31. The number of benzene rings is 2. The van der Waals surface area contributed by atoms with Gasteiger partial charge in [0.05, 0.1) is 29.4 Å². The summed E-state index contributed by atoms with van der Waals surface area (Å²) in [5.41, 5.74) is -4.07. The lowest BCUT2D eigenvalue weighted by Crippen LogP contribution is -2.13. The molecular formula is C17H12F6O6. The van der Waals surface area contributed by atoms with Gasteiger partial charge < -0.3 is 20.1 Å². The molecule has 0 aliphatic rings. The number of phenolic OH excluding ortho intramolecular Hbond substituents is 2. The van der Waals surface area contributed by atoms with E-state index in [1.165, 1.54) is 0 Å². The number of carbonyl (C=O) groups excluding carboxylic acids is 1. The second-order valence-corrected chi connectivity index (χ2v) is 5.25. The Labute approximate surface area is 158 Å². The quantitative estimate of drug-likeness (QED) is 0.489. The molecule has 0 saturated carbocycles. The minimum absolute atomic E-state index is 0.378. The number of ether oxygens (including phenoxy) is 1. The van der Waals surface area contributed by atoms with Crippen LogP contribution >= 0.6 is 0 Å². The van der Waals surface area contributed by atoms with Crippen molar-refractivity contribution >= 4 is 11.9 Å². The van der Waals surface area contributed by atoms with Gasteiger partial charge in [-0.1, -0.05) is 0 Å². The molecule has 0 atom stereocenters. The van der Waals surface area contributed by atoms with Crippen LogP contribution in [0.1, 0.15) is 31.8 Å². The molecule has 2 rings (SSSR count). The first-order valence-electron chi connectivity index (χ1n) is 7.30. The van der Waals surface area contributed by atoms with Crippen molar-refractivity contribution in [3.8, 4) is 11.5 Å². The molecule has 2 aromatic rings. The van der Waals surface area contributed by atoms with Crippen molar-refractivity contribution in [3.63, 3.8) is 0 Å². The Balaban J connectivity index is 0.000000291. The second-order valence-electron chi connectivity index (χ2n) is 5.25. The molecule has 158 valence electrons. The van der Waals surface area contributed by atoms with Crippen LogP contribution in [0.4, 0.5) is 26.3 Å². The highest BCUT2D eigenvalue weighted by molar-refractivity contribution is 5.91. The molecule has 0 saturated heterocycles. The van der Waals surface area contributed by atoms with Crippen molar-refractivity contribution in [3.05, 3.63) is 58.7 Å². The van der Waals surface area contributed by atoms with Crippen molar-refractivity contribution in [2.75, 3.05) is 7.11 Å². The van der Waals surface area contributed by atoms with Crippen molar-refractivity contribution in [1.29, 1.82) is 0 Å². The Morgan fingerprint density at radius 2 is 1.17 bits per heavy atom. The maximum atomic E-state index is 12.4. The molecule has 0 heterocycles. The molecule has 0 amide bonds. The smallest absolute Gasteiger partial charge is 0.417 e. The van der Waals surface area contributed by atoms with Crippen LogP contribution < -0.4 is 0 Å². The Morgan fingerprint density at radius 3 is 1.52 bits per heavy atom. The number of aromatic hydroxyl groups is 2. The van der Waals surface area contributed by atoms with E-state index in [0.29, 0.717) is 18.2 Å². The number of carboxylic acid groups (broad SMARTS) is 1. The molecule has 12 heteroatoms. The van der Waals surface area contributed by atoms with E-state index in [-0.39, 0.29) is 0 Å². The highest BCUT2D eigenvalue weighted by Gasteiger charge is 2.36. The van der Waals surface area contributed by atoms with Gasteiger partial charge in [0, 0.05) is 0 Å². The number of aromatic carboxylic acids is 1. The number of carboxylic acids is 1. The van der Waals surface area contributed by atoms with E-state index in [2.05, 4.69) is 4.74 Å². The number of hydrogen-bond donors (Lipinski definition) is 3. The van der Waals surface area contributed by atoms with Crippen molar-refractivity contribution in [2.24, 2.45) is 0 Å². The van der Waals surface area contributed by atoms with Gasteiger partial charge in [0.2, 0.25) is 0 Å². The minimum atomic E-state index is -4.79. The van der Waals surface area contributed by atoms with Gasteiger partial charge in [0.15, 0.2) is 0 Å². The van der Waals surface area contributed by atoms with Crippen molar-refractivity contribution in [2.45, 2.75) is 12.4 Å². The Kier molecular flexibility index (Phi) is 7.09. The first-order valence-corrected chi connectivity index (χ1v) is 7.30. The Bertz CT molecular complexity index is 904. The average molecular weight is 426 g/mol. The van der Waals surface area contributed by atoms with Gasteiger partial charge in [0.25, 0.3) is 0 Å². The number of methoxy groups -OCH3 is 1. The fourth-order valence-corrected chi connectivity index (χ4v) is 2.01. The Hall–Kier alpha value is -3.44. The SMILES string of the molecule is COC(=O)c1ccc(O)cc1C(F)(F)F.O=C(O)c1ccc(O)cc1C(F)(F)F. The molecule has 0 fully saturated rings. The third-order valence-corrected chi connectivity index (χ3v) is 3.25. The molecule has 0 aromatic heterocycles. The lowest BCUT2D eigenvalue weighted by molar-refractivity contribution is -0.138. The topological polar surface area (TPSA) is 104 Å². The van der Waals surface area contributed by atoms with Crippen LogP contribution in [0.2, 0.25) is 0 Å². The van der Waals surface area contributed by atoms with Crippen LogP contribution in [-0.2, 0) is 17.1 Å². The molecule has 0 bridgehead atoms. The predicted molar refractivity (Wildman–Crippen MR) is 84.5 cm³/mol. The summed E-state index contributed by atoms with van der Waals surface area (Å²) in [4.78, 5) is 21.4. The molecule has 0 radical (unpaired) electrons. The number of halogens is 6. The van der Waals surface area contributed by atoms with E-state index >= 15 is 0 Å². The Morgan fingerprint density at radius 1 is 0.793 bits per heavy atom. The number of esters is 1. The summed E-state index contributed by atoms with van der Waals surface area (Å²) >= 11 is 0. The van der Waals surface area contributed by atoms with Crippen LogP contribution in [0.25, 0.3) is 0 Å². The third-order valence-electron chi connectivity index (χ3n) is 3.25. The minimum Gasteiger partial charge on any atom is -0.508 e. The zero-order chi connectivity index (χ0) is 22.6. The number of hydrogen-bond acceptors (Lipinski definition) is 5. The largest absolute Gasteiger partial charge is 0.508 e. The molecular weight excluding hydrogens is 414 g/mol. The number of phenols is 2. The van der Waals surface area contributed by atoms with Gasteiger partial charge in [-0.25, -0.2) is 9.59 Å². The van der Waals surface area contributed by atoms with E-state index in [1.54, 1.807) is 0 Å². The number of rotatable bonds is 2. The normalized spacial score (nSPS) is 11.3. The molecule has 2 aromatic carbocycles. The summed E-state index contributed by atoms with van der Waals surface area (Å²) < 4.78 is 78.1. The van der Waals surface area contributed by atoms with Crippen LogP contribution in [0.15, 0.2) is 36.4 Å². The van der Waals surface area contributed by atoms with E-state index < -0.39 is 58.0 Å². The lowest BCUT2D eigenvalue weighted by Gasteiger charge is -2.11. The van der Waals surface area contributed by atoms with E-state index in [0.717, 1.165) is 25.3 Å².